The van der Waals surface area contributed by atoms with Crippen LogP contribution >= 0.6 is 0 Å². The Morgan fingerprint density at radius 1 is 1.10 bits per heavy atom. The molecule has 0 atom stereocenters. The minimum Gasteiger partial charge on any atom is -0.481 e. The number of hydrogen-bond acceptors (Lipinski definition) is 7. The molecule has 2 heterocycles. The third-order valence-corrected chi connectivity index (χ3v) is 2.79. The van der Waals surface area contributed by atoms with E-state index in [1.54, 1.807) is 14.2 Å². The monoisotopic (exact) mass is 278 g/mol. The summed E-state index contributed by atoms with van der Waals surface area (Å²) in [4.78, 5) is 12.2. The van der Waals surface area contributed by atoms with Crippen molar-refractivity contribution in [3.63, 3.8) is 0 Å². The van der Waals surface area contributed by atoms with Crippen molar-refractivity contribution < 1.29 is 9.47 Å². The molecule has 108 valence electrons. The van der Waals surface area contributed by atoms with E-state index in [0.29, 0.717) is 18.3 Å². The lowest BCUT2D eigenvalue weighted by Gasteiger charge is -2.11. The van der Waals surface area contributed by atoms with Crippen molar-refractivity contribution >= 4 is 0 Å². The molecule has 0 aliphatic rings. The number of aromatic nitrogens is 5. The summed E-state index contributed by atoms with van der Waals surface area (Å²) in [5.74, 6) is 1.95. The summed E-state index contributed by atoms with van der Waals surface area (Å²) in [6, 6.07) is 0. The number of aryl methyl sites for hydroxylation is 1. The molecule has 8 heteroatoms. The summed E-state index contributed by atoms with van der Waals surface area (Å²) in [5.41, 5.74) is 0.817. The topological polar surface area (TPSA) is 97.8 Å². The van der Waals surface area contributed by atoms with E-state index >= 15 is 0 Å². The molecule has 2 aromatic heterocycles. The van der Waals surface area contributed by atoms with E-state index in [9.17, 15) is 0 Å². The van der Waals surface area contributed by atoms with Gasteiger partial charge in [0.25, 0.3) is 0 Å². The first-order valence-corrected chi connectivity index (χ1v) is 6.32. The van der Waals surface area contributed by atoms with Crippen LogP contribution in [0.3, 0.4) is 0 Å². The van der Waals surface area contributed by atoms with Crippen molar-refractivity contribution in [1.29, 1.82) is 0 Å². The van der Waals surface area contributed by atoms with Crippen molar-refractivity contribution in [1.82, 2.24) is 30.5 Å². The maximum Gasteiger partial charge on any atom is 0.224 e. The van der Waals surface area contributed by atoms with Gasteiger partial charge in [-0.1, -0.05) is 0 Å². The molecule has 0 aliphatic heterocycles. The average molecular weight is 278 g/mol. The lowest BCUT2D eigenvalue weighted by atomic mass is 10.2. The van der Waals surface area contributed by atoms with Crippen molar-refractivity contribution in [3.05, 3.63) is 24.0 Å². The fourth-order valence-corrected chi connectivity index (χ4v) is 1.83. The van der Waals surface area contributed by atoms with Crippen LogP contribution in [0.2, 0.25) is 0 Å². The molecule has 0 aromatic carbocycles. The zero-order chi connectivity index (χ0) is 14.2. The highest BCUT2D eigenvalue weighted by atomic mass is 16.5. The van der Waals surface area contributed by atoms with Gasteiger partial charge in [-0.25, -0.2) is 15.0 Å². The largest absolute Gasteiger partial charge is 0.481 e. The second-order valence-electron chi connectivity index (χ2n) is 4.08. The molecule has 20 heavy (non-hydrogen) atoms. The molecular formula is C12H18N6O2. The first-order valence-electron chi connectivity index (χ1n) is 6.32. The number of H-pyrrole nitrogens is 1. The SMILES string of the molecule is COc1ncnc(OC)c1CNCCCc1ncn[nH]1. The van der Waals surface area contributed by atoms with Gasteiger partial charge in [-0.05, 0) is 13.0 Å². The Balaban J connectivity index is 1.81. The first-order chi connectivity index (χ1) is 9.85. The molecule has 0 unspecified atom stereocenters. The highest BCUT2D eigenvalue weighted by molar-refractivity contribution is 5.34. The summed E-state index contributed by atoms with van der Waals surface area (Å²) in [6.07, 6.45) is 4.74. The predicted molar refractivity (Wildman–Crippen MR) is 71.5 cm³/mol. The van der Waals surface area contributed by atoms with Gasteiger partial charge in [0.05, 0.1) is 19.8 Å². The smallest absolute Gasteiger partial charge is 0.224 e. The second kappa shape index (κ2) is 7.39. The van der Waals surface area contributed by atoms with Gasteiger partial charge >= 0.3 is 0 Å². The van der Waals surface area contributed by atoms with Gasteiger partial charge in [-0.3, -0.25) is 5.10 Å². The third kappa shape index (κ3) is 3.64. The molecule has 0 fully saturated rings. The molecule has 2 aromatic rings. The maximum atomic E-state index is 5.21. The number of hydrogen-bond donors (Lipinski definition) is 2. The molecule has 0 radical (unpaired) electrons. The van der Waals surface area contributed by atoms with Crippen molar-refractivity contribution in [2.45, 2.75) is 19.4 Å². The highest BCUT2D eigenvalue weighted by Crippen LogP contribution is 2.22. The number of aromatic amines is 1. The van der Waals surface area contributed by atoms with E-state index in [4.69, 9.17) is 9.47 Å². The summed E-state index contributed by atoms with van der Waals surface area (Å²) in [5, 5.41) is 9.95. The van der Waals surface area contributed by atoms with Crippen LogP contribution in [0.5, 0.6) is 11.8 Å². The van der Waals surface area contributed by atoms with Crippen LogP contribution in [0.4, 0.5) is 0 Å². The molecule has 0 aliphatic carbocycles. The van der Waals surface area contributed by atoms with E-state index in [1.165, 1.54) is 12.7 Å². The van der Waals surface area contributed by atoms with Crippen molar-refractivity contribution in [2.24, 2.45) is 0 Å². The molecule has 0 spiro atoms. The fraction of sp³-hybridized carbons (Fsp3) is 0.500. The Hall–Kier alpha value is -2.22. The number of rotatable bonds is 8. The van der Waals surface area contributed by atoms with Crippen LogP contribution in [0.1, 0.15) is 17.8 Å². The quantitative estimate of drug-likeness (QED) is 0.672. The minimum absolute atomic E-state index is 0.527. The van der Waals surface area contributed by atoms with Crippen LogP contribution in [0.25, 0.3) is 0 Å². The van der Waals surface area contributed by atoms with Crippen molar-refractivity contribution in [2.75, 3.05) is 20.8 Å². The van der Waals surface area contributed by atoms with E-state index in [0.717, 1.165) is 30.8 Å². The molecule has 8 nitrogen and oxygen atoms in total. The van der Waals surface area contributed by atoms with Gasteiger partial charge in [0.2, 0.25) is 11.8 Å². The van der Waals surface area contributed by atoms with Crippen LogP contribution in [-0.2, 0) is 13.0 Å². The Labute approximate surface area is 117 Å². The second-order valence-corrected chi connectivity index (χ2v) is 4.08. The van der Waals surface area contributed by atoms with Crippen LogP contribution in [-0.4, -0.2) is 45.9 Å². The molecular weight excluding hydrogens is 260 g/mol. The lowest BCUT2D eigenvalue weighted by Crippen LogP contribution is -2.17. The summed E-state index contributed by atoms with van der Waals surface area (Å²) in [7, 11) is 3.16. The lowest BCUT2D eigenvalue weighted by molar-refractivity contribution is 0.359. The van der Waals surface area contributed by atoms with E-state index < -0.39 is 0 Å². The Morgan fingerprint density at radius 3 is 2.45 bits per heavy atom. The molecule has 0 saturated heterocycles. The molecule has 0 amide bonds. The van der Waals surface area contributed by atoms with Crippen LogP contribution in [0.15, 0.2) is 12.7 Å². The summed E-state index contributed by atoms with van der Waals surface area (Å²) < 4.78 is 10.4. The molecule has 2 N–H and O–H groups in total. The van der Waals surface area contributed by atoms with Gasteiger partial charge in [-0.15, -0.1) is 0 Å². The van der Waals surface area contributed by atoms with Crippen molar-refractivity contribution in [3.8, 4) is 11.8 Å². The number of nitrogens with zero attached hydrogens (tertiary/aromatic N) is 4. The highest BCUT2D eigenvalue weighted by Gasteiger charge is 2.11. The summed E-state index contributed by atoms with van der Waals surface area (Å²) in [6.45, 7) is 1.42. The van der Waals surface area contributed by atoms with E-state index in [2.05, 4.69) is 30.5 Å². The molecule has 0 bridgehead atoms. The van der Waals surface area contributed by atoms with Gasteiger partial charge in [0.15, 0.2) is 0 Å². The summed E-state index contributed by atoms with van der Waals surface area (Å²) >= 11 is 0. The van der Waals surface area contributed by atoms with Gasteiger partial charge in [0.1, 0.15) is 18.5 Å². The third-order valence-electron chi connectivity index (χ3n) is 2.79. The Bertz CT molecular complexity index is 494. The molecule has 0 saturated carbocycles. The zero-order valence-electron chi connectivity index (χ0n) is 11.6. The number of ether oxygens (including phenoxy) is 2. The maximum absolute atomic E-state index is 5.21. The van der Waals surface area contributed by atoms with E-state index in [1.807, 2.05) is 0 Å². The number of nitrogens with one attached hydrogen (secondary N) is 2. The van der Waals surface area contributed by atoms with Crippen LogP contribution < -0.4 is 14.8 Å². The zero-order valence-corrected chi connectivity index (χ0v) is 11.6. The Morgan fingerprint density at radius 2 is 1.85 bits per heavy atom. The predicted octanol–water partition coefficient (Wildman–Crippen LogP) is 0.334. The number of methoxy groups -OCH3 is 2. The minimum atomic E-state index is 0.527. The Kier molecular flexibility index (Phi) is 5.24. The van der Waals surface area contributed by atoms with Gasteiger partial charge < -0.3 is 14.8 Å². The normalized spacial score (nSPS) is 10.5. The fourth-order valence-electron chi connectivity index (χ4n) is 1.83. The van der Waals surface area contributed by atoms with E-state index in [-0.39, 0.29) is 0 Å². The van der Waals surface area contributed by atoms with Gasteiger partial charge in [0, 0.05) is 13.0 Å². The van der Waals surface area contributed by atoms with Crippen LogP contribution in [0, 0.1) is 0 Å². The standard InChI is InChI=1S/C12H18N6O2/c1-19-11-9(12(20-2)16-7-15-11)6-13-5-3-4-10-14-8-17-18-10/h7-8,13H,3-6H2,1-2H3,(H,14,17,18). The average Bonchev–Trinajstić information content (AvgIpc) is 3.00. The first kappa shape index (κ1) is 14.2. The van der Waals surface area contributed by atoms with Gasteiger partial charge in [-0.2, -0.15) is 5.10 Å². The molecule has 2 rings (SSSR count).